The van der Waals surface area contributed by atoms with Gasteiger partial charge in [0.15, 0.2) is 17.1 Å². The highest BCUT2D eigenvalue weighted by atomic mass is 16.5. The summed E-state index contributed by atoms with van der Waals surface area (Å²) < 4.78 is 11.7. The quantitative estimate of drug-likeness (QED) is 0.221. The van der Waals surface area contributed by atoms with Crippen LogP contribution in [0.15, 0.2) is 54.6 Å². The van der Waals surface area contributed by atoms with Gasteiger partial charge in [-0.1, -0.05) is 60.9 Å². The lowest BCUT2D eigenvalue weighted by Crippen LogP contribution is -2.44. The van der Waals surface area contributed by atoms with Crippen LogP contribution in [0.4, 0.5) is 5.82 Å². The van der Waals surface area contributed by atoms with Gasteiger partial charge in [-0.05, 0) is 79.8 Å². The number of hydrogen-bond donors (Lipinski definition) is 4. The Hall–Kier alpha value is -4.63. The molecule has 0 saturated carbocycles. The van der Waals surface area contributed by atoms with Crippen molar-refractivity contribution in [1.29, 1.82) is 0 Å². The molecule has 0 amide bonds. The third kappa shape index (κ3) is 5.48. The molecule has 0 spiro atoms. The molecule has 6 rings (SSSR count). The molecule has 2 aliphatic heterocycles. The molecule has 0 bridgehead atoms. The summed E-state index contributed by atoms with van der Waals surface area (Å²) in [6.07, 6.45) is 1.34. The van der Waals surface area contributed by atoms with Crippen molar-refractivity contribution in [1.82, 2.24) is 10.3 Å². The number of hydrogen-bond acceptors (Lipinski definition) is 7. The zero-order chi connectivity index (χ0) is 30.1. The van der Waals surface area contributed by atoms with Gasteiger partial charge in [0.25, 0.3) is 0 Å². The van der Waals surface area contributed by atoms with Crippen molar-refractivity contribution in [2.24, 2.45) is 0 Å². The fraction of sp³-hybridized carbons (Fsp3) is 0.324. The Morgan fingerprint density at radius 1 is 1.02 bits per heavy atom. The molecular weight excluding hydrogens is 546 g/mol. The van der Waals surface area contributed by atoms with Crippen LogP contribution in [0, 0.1) is 0 Å². The van der Waals surface area contributed by atoms with Gasteiger partial charge in [0.2, 0.25) is 5.75 Å². The molecule has 3 heterocycles. The summed E-state index contributed by atoms with van der Waals surface area (Å²) in [6.45, 7) is 5.80. The third-order valence-electron chi connectivity index (χ3n) is 8.33. The van der Waals surface area contributed by atoms with Crippen molar-refractivity contribution >= 4 is 11.6 Å². The van der Waals surface area contributed by atoms with Crippen LogP contribution in [0.25, 0.3) is 11.1 Å². The van der Waals surface area contributed by atoms with E-state index < -0.39 is 6.10 Å². The molecule has 1 fully saturated rings. The molecule has 1 unspecified atom stereocenters. The number of ether oxygens (including phenoxy) is 2. The average Bonchev–Trinajstić information content (AvgIpc) is 3.47. The molecular formula is C34H37N3O6. The summed E-state index contributed by atoms with van der Waals surface area (Å²) in [5, 5.41) is 35.3. The molecule has 2 aliphatic rings. The molecule has 1 aromatic heterocycles. The number of piperazine rings is 1. The van der Waals surface area contributed by atoms with Gasteiger partial charge in [0, 0.05) is 5.56 Å². The van der Waals surface area contributed by atoms with Crippen molar-refractivity contribution in [2.45, 2.75) is 38.7 Å². The summed E-state index contributed by atoms with van der Waals surface area (Å²) in [5.74, 6) is 0.624. The Morgan fingerprint density at radius 3 is 2.51 bits per heavy atom. The number of aryl methyl sites for hydroxylation is 2. The molecule has 3 aromatic carbocycles. The van der Waals surface area contributed by atoms with Crippen LogP contribution < -0.4 is 24.7 Å². The second-order valence-electron chi connectivity index (χ2n) is 11.0. The summed E-state index contributed by atoms with van der Waals surface area (Å²) in [4.78, 5) is 18.3. The highest BCUT2D eigenvalue weighted by Gasteiger charge is 2.39. The van der Waals surface area contributed by atoms with Gasteiger partial charge in [-0.15, -0.1) is 0 Å². The SMILES string of the molecule is CCc1cc(-c2cccc(CCc3c(O)c(OC)c(O)c4c3OC(c3ccc(O)cc3)CC4=[OH+])c2)c(N2CCNCC2)[n-]1. The number of nitrogens with zero attached hydrogens (tertiary/aromatic N) is 2. The Balaban J connectivity index is 1.32. The summed E-state index contributed by atoms with van der Waals surface area (Å²) >= 11 is 0. The Morgan fingerprint density at radius 2 is 1.79 bits per heavy atom. The monoisotopic (exact) mass is 583 g/mol. The highest BCUT2D eigenvalue weighted by molar-refractivity contribution is 6.05. The topological polar surface area (TPSA) is 130 Å². The van der Waals surface area contributed by atoms with E-state index in [9.17, 15) is 20.1 Å². The number of aromatic nitrogens is 1. The maximum absolute atomic E-state index is 11.2. The van der Waals surface area contributed by atoms with Gasteiger partial charge in [-0.25, -0.2) is 0 Å². The van der Waals surface area contributed by atoms with Crippen LogP contribution in [-0.4, -0.2) is 59.2 Å². The normalized spacial score (nSPS) is 16.6. The second-order valence-corrected chi connectivity index (χ2v) is 11.0. The van der Waals surface area contributed by atoms with Gasteiger partial charge < -0.3 is 40.0 Å². The van der Waals surface area contributed by atoms with E-state index in [1.54, 1.807) is 24.3 Å². The zero-order valence-corrected chi connectivity index (χ0v) is 24.4. The highest BCUT2D eigenvalue weighted by Crippen LogP contribution is 2.52. The predicted molar refractivity (Wildman–Crippen MR) is 166 cm³/mol. The largest absolute Gasteiger partial charge is 0.508 e. The molecule has 9 nitrogen and oxygen atoms in total. The Kier molecular flexibility index (Phi) is 7.90. The van der Waals surface area contributed by atoms with Gasteiger partial charge in [0.05, 0.1) is 7.11 Å². The van der Waals surface area contributed by atoms with Crippen LogP contribution in [0.1, 0.15) is 47.4 Å². The van der Waals surface area contributed by atoms with E-state index >= 15 is 0 Å². The molecule has 4 aromatic rings. The van der Waals surface area contributed by atoms with Crippen molar-refractivity contribution < 1.29 is 29.6 Å². The standard InChI is InChI=1S/C34H36N3O6/c1-3-23-18-26(34(36-23)37-15-13-35-14-16-37)22-6-4-5-20(17-22)7-12-25-30(40)33(42-2)31(41)29-27(39)19-28(43-32(25)29)21-8-10-24(38)11-9-21/h4-6,8-11,17-18,28,35,38H,3,7,12-16,19H2,1-2H3,(H2,39,40,41)/q-1/p+1. The molecule has 1 atom stereocenters. The van der Waals surface area contributed by atoms with Crippen molar-refractivity contribution in [3.63, 3.8) is 0 Å². The molecule has 0 aliphatic carbocycles. The van der Waals surface area contributed by atoms with Gasteiger partial charge in [-0.2, -0.15) is 0 Å². The van der Waals surface area contributed by atoms with Gasteiger partial charge in [0.1, 0.15) is 24.0 Å². The number of anilines is 1. The lowest BCUT2D eigenvalue weighted by Gasteiger charge is -2.37. The van der Waals surface area contributed by atoms with E-state index in [2.05, 4.69) is 41.4 Å². The van der Waals surface area contributed by atoms with E-state index in [0.717, 1.165) is 66.4 Å². The number of fused-ring (bicyclic) bond motifs is 1. The zero-order valence-electron chi connectivity index (χ0n) is 24.4. The van der Waals surface area contributed by atoms with E-state index in [-0.39, 0.29) is 46.5 Å². The summed E-state index contributed by atoms with van der Waals surface area (Å²) in [5.41, 5.74) is 5.65. The molecule has 1 saturated heterocycles. The van der Waals surface area contributed by atoms with E-state index in [4.69, 9.17) is 14.5 Å². The summed E-state index contributed by atoms with van der Waals surface area (Å²) in [6, 6.07) is 17.1. The van der Waals surface area contributed by atoms with Crippen LogP contribution in [0.2, 0.25) is 0 Å². The van der Waals surface area contributed by atoms with Gasteiger partial charge in [-0.3, -0.25) is 4.79 Å². The Labute approximate surface area is 250 Å². The molecule has 5 N–H and O–H groups in total. The minimum absolute atomic E-state index is 0.0609. The third-order valence-corrected chi connectivity index (χ3v) is 8.33. The number of phenols is 3. The fourth-order valence-electron chi connectivity index (χ4n) is 6.02. The minimum Gasteiger partial charge on any atom is -0.508 e. The number of methoxy groups -OCH3 is 1. The molecule has 43 heavy (non-hydrogen) atoms. The van der Waals surface area contributed by atoms with Crippen molar-refractivity contribution in [2.75, 3.05) is 38.2 Å². The van der Waals surface area contributed by atoms with Crippen molar-refractivity contribution in [3.8, 4) is 39.9 Å². The van der Waals surface area contributed by atoms with Crippen LogP contribution in [-0.2, 0) is 19.3 Å². The van der Waals surface area contributed by atoms with E-state index in [0.29, 0.717) is 18.4 Å². The first-order valence-corrected chi connectivity index (χ1v) is 14.7. The first kappa shape index (κ1) is 28.5. The number of benzene rings is 3. The molecule has 224 valence electrons. The number of nitrogens with one attached hydrogen (secondary N) is 1. The van der Waals surface area contributed by atoms with Crippen LogP contribution >= 0.6 is 0 Å². The second kappa shape index (κ2) is 11.9. The number of phenolic OH excluding ortho intramolecular Hbond substituents is 3. The maximum Gasteiger partial charge on any atom is 0.335 e. The number of ketones is 1. The predicted octanol–water partition coefficient (Wildman–Crippen LogP) is 4.61. The van der Waals surface area contributed by atoms with Crippen LogP contribution in [0.5, 0.6) is 28.7 Å². The Bertz CT molecular complexity index is 1640. The lowest BCUT2D eigenvalue weighted by atomic mass is 9.90. The van der Waals surface area contributed by atoms with Gasteiger partial charge >= 0.3 is 5.78 Å². The molecule has 9 heteroatoms. The average molecular weight is 584 g/mol. The van der Waals surface area contributed by atoms with Crippen LogP contribution in [0.3, 0.4) is 0 Å². The number of rotatable bonds is 8. The van der Waals surface area contributed by atoms with Crippen molar-refractivity contribution in [3.05, 3.63) is 82.5 Å². The van der Waals surface area contributed by atoms with E-state index in [1.807, 2.05) is 6.07 Å². The van der Waals surface area contributed by atoms with E-state index in [1.165, 1.54) is 7.11 Å². The number of carbonyl (C=O) groups excluding carboxylic acids is 1. The fourth-order valence-corrected chi connectivity index (χ4v) is 6.02. The lowest BCUT2D eigenvalue weighted by molar-refractivity contribution is 0.197. The maximum atomic E-state index is 11.2. The number of aromatic hydroxyl groups is 3. The summed E-state index contributed by atoms with van der Waals surface area (Å²) in [7, 11) is 1.36. The minimum atomic E-state index is -0.566. The smallest absolute Gasteiger partial charge is 0.335 e. The first-order valence-electron chi connectivity index (χ1n) is 14.7. The first-order chi connectivity index (χ1) is 20.9. The molecule has 0 radical (unpaired) electrons.